The first-order valence-electron chi connectivity index (χ1n) is 12.4. The number of hydrogen-bond donors (Lipinski definition) is 0. The molecule has 5 heteroatoms. The van der Waals surface area contributed by atoms with Crippen molar-refractivity contribution in [3.63, 3.8) is 0 Å². The van der Waals surface area contributed by atoms with Crippen LogP contribution >= 0.6 is 0 Å². The van der Waals surface area contributed by atoms with Crippen LogP contribution < -0.4 is 0 Å². The van der Waals surface area contributed by atoms with Crippen molar-refractivity contribution >= 4 is 21.9 Å². The number of pyridine rings is 2. The molecule has 0 fully saturated rings. The van der Waals surface area contributed by atoms with E-state index in [4.69, 9.17) is 4.42 Å². The molecular formula is C35H20IrN3O. The van der Waals surface area contributed by atoms with E-state index in [2.05, 4.69) is 34.2 Å². The second kappa shape index (κ2) is 12.3. The van der Waals surface area contributed by atoms with Gasteiger partial charge in [-0.25, -0.2) is 12.1 Å². The molecular weight excluding hydrogens is 671 g/mol. The zero-order chi connectivity index (χ0) is 26.4. The maximum atomic E-state index is 9.63. The third-order valence-corrected chi connectivity index (χ3v) is 6.28. The van der Waals surface area contributed by atoms with E-state index in [0.29, 0.717) is 22.4 Å². The summed E-state index contributed by atoms with van der Waals surface area (Å²) in [6, 6.07) is 46.6. The first-order chi connectivity index (χ1) is 19.3. The SMILES string of the molecule is N#Cc1ccc2c(oc3c(-c4[c-]cccn4)[c-]ccc32)c1-c1ccccc1.[Ir+3].[c-]1ccccc1-c1ccccn1. The number of furan rings is 1. The van der Waals surface area contributed by atoms with Crippen molar-refractivity contribution in [1.29, 1.82) is 5.26 Å². The third kappa shape index (κ3) is 5.32. The van der Waals surface area contributed by atoms with Gasteiger partial charge >= 0.3 is 20.1 Å². The summed E-state index contributed by atoms with van der Waals surface area (Å²) in [6.07, 6.45) is 3.51. The average molecular weight is 691 g/mol. The van der Waals surface area contributed by atoms with Crippen molar-refractivity contribution in [2.45, 2.75) is 0 Å². The molecule has 3 aromatic heterocycles. The predicted octanol–water partition coefficient (Wildman–Crippen LogP) is 8.33. The monoisotopic (exact) mass is 691 g/mol. The van der Waals surface area contributed by atoms with Crippen LogP contribution in [-0.2, 0) is 20.1 Å². The van der Waals surface area contributed by atoms with Gasteiger partial charge in [0.1, 0.15) is 5.58 Å². The van der Waals surface area contributed by atoms with Gasteiger partial charge in [0.2, 0.25) is 0 Å². The summed E-state index contributed by atoms with van der Waals surface area (Å²) in [4.78, 5) is 8.60. The molecule has 190 valence electrons. The smallest absolute Gasteiger partial charge is 0.512 e. The Labute approximate surface area is 245 Å². The first kappa shape index (κ1) is 26.7. The maximum absolute atomic E-state index is 9.63. The standard InChI is InChI=1S/C24H12N2O.C11H8N.Ir/c25-15-17-12-13-19-18-9-6-10-20(21-11-4-5-14-26-21)23(18)27-24(19)22(17)16-7-2-1-3-8-16;1-2-6-10(7-3-1)11-8-4-5-9-12-11;/h1-9,12-14H;1-6,8-9H;/q-2;-1;+3. The molecule has 0 bridgehead atoms. The summed E-state index contributed by atoms with van der Waals surface area (Å²) in [5, 5.41) is 11.6. The Morgan fingerprint density at radius 3 is 2.15 bits per heavy atom. The van der Waals surface area contributed by atoms with E-state index in [9.17, 15) is 5.26 Å². The third-order valence-electron chi connectivity index (χ3n) is 6.28. The van der Waals surface area contributed by atoms with Gasteiger partial charge in [0.15, 0.2) is 0 Å². The average Bonchev–Trinajstić information content (AvgIpc) is 3.41. The molecule has 0 radical (unpaired) electrons. The maximum Gasteiger partial charge on any atom is 3.00 e. The van der Waals surface area contributed by atoms with Crippen LogP contribution in [0.3, 0.4) is 0 Å². The zero-order valence-electron chi connectivity index (χ0n) is 21.1. The minimum Gasteiger partial charge on any atom is -0.512 e. The van der Waals surface area contributed by atoms with Gasteiger partial charge in [0.05, 0.1) is 11.6 Å². The number of fused-ring (bicyclic) bond motifs is 3. The second-order valence-corrected chi connectivity index (χ2v) is 8.66. The Morgan fingerprint density at radius 1 is 0.650 bits per heavy atom. The van der Waals surface area contributed by atoms with Crippen LogP contribution in [0.5, 0.6) is 0 Å². The van der Waals surface area contributed by atoms with Crippen molar-refractivity contribution in [2.75, 3.05) is 0 Å². The molecule has 7 rings (SSSR count). The van der Waals surface area contributed by atoms with Crippen molar-refractivity contribution in [1.82, 2.24) is 9.97 Å². The topological polar surface area (TPSA) is 62.7 Å². The van der Waals surface area contributed by atoms with E-state index in [1.807, 2.05) is 109 Å². The van der Waals surface area contributed by atoms with E-state index in [0.717, 1.165) is 38.7 Å². The van der Waals surface area contributed by atoms with Gasteiger partial charge in [0, 0.05) is 17.1 Å². The number of nitriles is 1. The molecule has 0 saturated carbocycles. The van der Waals surface area contributed by atoms with Gasteiger partial charge in [-0.3, -0.25) is 0 Å². The van der Waals surface area contributed by atoms with E-state index in [1.54, 1.807) is 12.4 Å². The molecule has 0 aliphatic carbocycles. The van der Waals surface area contributed by atoms with Crippen LogP contribution in [-0.4, -0.2) is 9.97 Å². The molecule has 0 atom stereocenters. The summed E-state index contributed by atoms with van der Waals surface area (Å²) in [7, 11) is 0. The van der Waals surface area contributed by atoms with Crippen LogP contribution in [0.25, 0.3) is 55.6 Å². The molecule has 0 N–H and O–H groups in total. The summed E-state index contributed by atoms with van der Waals surface area (Å²) < 4.78 is 6.32. The molecule has 3 heterocycles. The summed E-state index contributed by atoms with van der Waals surface area (Å²) in [5.41, 5.74) is 7.21. The largest absolute Gasteiger partial charge is 3.00 e. The number of nitrogens with zero attached hydrogens (tertiary/aromatic N) is 3. The minimum absolute atomic E-state index is 0. The van der Waals surface area contributed by atoms with Gasteiger partial charge in [-0.1, -0.05) is 53.9 Å². The van der Waals surface area contributed by atoms with Crippen LogP contribution in [0.15, 0.2) is 126 Å². The first-order valence-corrected chi connectivity index (χ1v) is 12.4. The Morgan fingerprint density at radius 2 is 1.43 bits per heavy atom. The van der Waals surface area contributed by atoms with Crippen LogP contribution in [0.4, 0.5) is 0 Å². The van der Waals surface area contributed by atoms with Gasteiger partial charge in [0.25, 0.3) is 0 Å². The molecule has 0 unspecified atom stereocenters. The van der Waals surface area contributed by atoms with Crippen molar-refractivity contribution in [3.8, 4) is 39.7 Å². The fraction of sp³-hybridized carbons (Fsp3) is 0. The zero-order valence-corrected chi connectivity index (χ0v) is 23.5. The number of benzene rings is 4. The fourth-order valence-electron chi connectivity index (χ4n) is 4.50. The molecule has 0 aliphatic heterocycles. The van der Waals surface area contributed by atoms with Gasteiger partial charge in [-0.15, -0.1) is 53.7 Å². The van der Waals surface area contributed by atoms with Crippen molar-refractivity contribution < 1.29 is 24.5 Å². The predicted molar refractivity (Wildman–Crippen MR) is 153 cm³/mol. The summed E-state index contributed by atoms with van der Waals surface area (Å²) in [6.45, 7) is 0. The van der Waals surface area contributed by atoms with Crippen molar-refractivity contribution in [2.24, 2.45) is 0 Å². The molecule has 0 aliphatic rings. The minimum atomic E-state index is 0. The summed E-state index contributed by atoms with van der Waals surface area (Å²) >= 11 is 0. The van der Waals surface area contributed by atoms with Crippen LogP contribution in [0.2, 0.25) is 0 Å². The van der Waals surface area contributed by atoms with Gasteiger partial charge in [-0.2, -0.15) is 23.0 Å². The quantitative estimate of drug-likeness (QED) is 0.175. The number of aromatic nitrogens is 2. The molecule has 0 spiro atoms. The Kier molecular flexibility index (Phi) is 8.23. The fourth-order valence-corrected chi connectivity index (χ4v) is 4.50. The molecule has 4 nitrogen and oxygen atoms in total. The molecule has 0 amide bonds. The Bertz CT molecular complexity index is 1860. The van der Waals surface area contributed by atoms with E-state index >= 15 is 0 Å². The molecule has 7 aromatic rings. The Balaban J connectivity index is 0.000000209. The van der Waals surface area contributed by atoms with Crippen LogP contribution in [0.1, 0.15) is 5.56 Å². The van der Waals surface area contributed by atoms with Gasteiger partial charge < -0.3 is 14.4 Å². The molecule has 0 saturated heterocycles. The number of rotatable bonds is 3. The van der Waals surface area contributed by atoms with Crippen LogP contribution in [0, 0.1) is 29.5 Å². The van der Waals surface area contributed by atoms with E-state index in [1.165, 1.54) is 0 Å². The van der Waals surface area contributed by atoms with E-state index in [-0.39, 0.29) is 20.1 Å². The van der Waals surface area contributed by atoms with Gasteiger partial charge in [-0.05, 0) is 35.2 Å². The van der Waals surface area contributed by atoms with Crippen molar-refractivity contribution in [3.05, 3.63) is 145 Å². The molecule has 40 heavy (non-hydrogen) atoms. The van der Waals surface area contributed by atoms with E-state index < -0.39 is 0 Å². The normalized spacial score (nSPS) is 10.3. The summed E-state index contributed by atoms with van der Waals surface area (Å²) in [5.74, 6) is 0. The number of hydrogen-bond acceptors (Lipinski definition) is 4. The molecule has 4 aromatic carbocycles. The Hall–Kier alpha value is -4.88. The second-order valence-electron chi connectivity index (χ2n) is 8.66.